The molecule has 2 heterocycles. The van der Waals surface area contributed by atoms with Gasteiger partial charge in [-0.3, -0.25) is 9.36 Å². The Kier molecular flexibility index (Phi) is 10.0. The van der Waals surface area contributed by atoms with Crippen LogP contribution in [0.3, 0.4) is 0 Å². The van der Waals surface area contributed by atoms with Gasteiger partial charge in [-0.15, -0.1) is 0 Å². The average molecular weight is 909 g/mol. The minimum absolute atomic E-state index is 0.176. The first-order valence-electron chi connectivity index (χ1n) is 15.4. The largest absolute Gasteiger partial charge is 0.487 e. The van der Waals surface area contributed by atoms with Crippen molar-refractivity contribution in [3.63, 3.8) is 0 Å². The normalized spacial score (nSPS) is 14.4. The molecule has 7 rings (SSSR count). The van der Waals surface area contributed by atoms with E-state index in [1.807, 2.05) is 72.8 Å². The van der Waals surface area contributed by atoms with E-state index >= 15 is 0 Å². The molecule has 0 amide bonds. The van der Waals surface area contributed by atoms with Crippen molar-refractivity contribution in [3.8, 4) is 5.75 Å². The number of fused-ring (bicyclic) bond motifs is 2. The van der Waals surface area contributed by atoms with Crippen molar-refractivity contribution >= 4 is 96.6 Å². The molecule has 1 atom stereocenters. The molecule has 0 spiro atoms. The van der Waals surface area contributed by atoms with Crippen molar-refractivity contribution < 1.29 is 14.3 Å². The highest BCUT2D eigenvalue weighted by molar-refractivity contribution is 14.1. The third-order valence-corrected chi connectivity index (χ3v) is 10.8. The number of carbonyl (C=O) groups excluding carboxylic acids is 1. The summed E-state index contributed by atoms with van der Waals surface area (Å²) in [5, 5.41) is 2.83. The maximum Gasteiger partial charge on any atom is 0.338 e. The van der Waals surface area contributed by atoms with Gasteiger partial charge in [-0.2, -0.15) is 0 Å². The van der Waals surface area contributed by atoms with Gasteiger partial charge in [0.2, 0.25) is 0 Å². The van der Waals surface area contributed by atoms with Gasteiger partial charge in [0.1, 0.15) is 12.4 Å². The minimum atomic E-state index is -0.789. The molecule has 244 valence electrons. The number of nitrogens with zero attached hydrogens (tertiary/aromatic N) is 2. The summed E-state index contributed by atoms with van der Waals surface area (Å²) in [5.41, 5.74) is 3.79. The first-order valence-corrected chi connectivity index (χ1v) is 18.8. The molecule has 0 saturated heterocycles. The van der Waals surface area contributed by atoms with E-state index in [2.05, 4.69) is 75.5 Å². The van der Waals surface area contributed by atoms with Crippen LogP contribution < -0.4 is 19.6 Å². The van der Waals surface area contributed by atoms with Crippen LogP contribution in [0.4, 0.5) is 0 Å². The Balaban J connectivity index is 1.40. The van der Waals surface area contributed by atoms with Crippen LogP contribution in [-0.4, -0.2) is 17.1 Å². The summed E-state index contributed by atoms with van der Waals surface area (Å²) in [4.78, 5) is 33.7. The van der Waals surface area contributed by atoms with Crippen LogP contribution in [-0.2, 0) is 16.1 Å². The average Bonchev–Trinajstić information content (AvgIpc) is 3.42. The Morgan fingerprint density at radius 1 is 0.959 bits per heavy atom. The fourth-order valence-electron chi connectivity index (χ4n) is 5.95. The number of esters is 1. The Labute approximate surface area is 318 Å². The molecule has 6 nitrogen and oxygen atoms in total. The third-order valence-electron chi connectivity index (χ3n) is 8.14. The molecule has 0 saturated carbocycles. The van der Waals surface area contributed by atoms with Crippen molar-refractivity contribution in [2.24, 2.45) is 4.99 Å². The number of benzene rings is 5. The van der Waals surface area contributed by atoms with Crippen LogP contribution in [0.1, 0.15) is 35.2 Å². The molecule has 1 aliphatic heterocycles. The van der Waals surface area contributed by atoms with Gasteiger partial charge in [0.05, 0.1) is 32.0 Å². The first kappa shape index (κ1) is 33.7. The molecular weight excluding hydrogens is 882 g/mol. The van der Waals surface area contributed by atoms with E-state index in [0.717, 1.165) is 34.6 Å². The summed E-state index contributed by atoms with van der Waals surface area (Å²) in [6.07, 6.45) is 1.86. The molecule has 0 unspecified atom stereocenters. The topological polar surface area (TPSA) is 69.9 Å². The smallest absolute Gasteiger partial charge is 0.338 e. The van der Waals surface area contributed by atoms with Crippen LogP contribution in [0, 0.1) is 7.14 Å². The number of rotatable bonds is 8. The summed E-state index contributed by atoms with van der Waals surface area (Å²) < 4.78 is 16.1. The van der Waals surface area contributed by atoms with Gasteiger partial charge in [0.25, 0.3) is 5.56 Å². The Morgan fingerprint density at radius 3 is 2.47 bits per heavy atom. The van der Waals surface area contributed by atoms with Gasteiger partial charge in [0, 0.05) is 19.7 Å². The predicted octanol–water partition coefficient (Wildman–Crippen LogP) is 8.53. The maximum atomic E-state index is 14.5. The fourth-order valence-corrected chi connectivity index (χ4v) is 9.11. The van der Waals surface area contributed by atoms with E-state index < -0.39 is 12.0 Å². The standard InChI is InChI=1S/C39H27ClI2N2O4S/c1-2-47-38(46)33-34(24-10-4-3-5-11-24)43-39-44(35(33)25-15-17-28(40)18-16-25)37(45)32(49-39)20-27-19-29(41)21-31(42)36(27)48-22-26-13-8-12-23-9-6-7-14-30(23)26/h3-21,35H,2,22H2,1H3/b32-20-/t35-/m0/s1. The summed E-state index contributed by atoms with van der Waals surface area (Å²) in [7, 11) is 0. The molecule has 1 aliphatic rings. The number of carbonyl (C=O) groups is 1. The number of aromatic nitrogens is 1. The molecule has 0 bridgehead atoms. The Hall–Kier alpha value is -3.78. The second kappa shape index (κ2) is 14.6. The van der Waals surface area contributed by atoms with Gasteiger partial charge in [0.15, 0.2) is 4.80 Å². The fraction of sp³-hybridized carbons (Fsp3) is 0.103. The minimum Gasteiger partial charge on any atom is -0.487 e. The zero-order chi connectivity index (χ0) is 34.1. The third kappa shape index (κ3) is 6.86. The first-order chi connectivity index (χ1) is 23.8. The lowest BCUT2D eigenvalue weighted by molar-refractivity contribution is -0.138. The van der Waals surface area contributed by atoms with Gasteiger partial charge in [-0.1, -0.05) is 108 Å². The zero-order valence-electron chi connectivity index (χ0n) is 26.0. The van der Waals surface area contributed by atoms with Crippen molar-refractivity contribution in [1.29, 1.82) is 0 Å². The zero-order valence-corrected chi connectivity index (χ0v) is 31.9. The van der Waals surface area contributed by atoms with Gasteiger partial charge in [-0.25, -0.2) is 9.79 Å². The molecule has 0 N–H and O–H groups in total. The predicted molar refractivity (Wildman–Crippen MR) is 213 cm³/mol. The molecule has 0 fully saturated rings. The second-order valence-electron chi connectivity index (χ2n) is 11.2. The number of thiazole rings is 1. The van der Waals surface area contributed by atoms with Crippen molar-refractivity contribution in [3.05, 3.63) is 169 Å². The highest BCUT2D eigenvalue weighted by Crippen LogP contribution is 2.36. The van der Waals surface area contributed by atoms with Crippen LogP contribution >= 0.6 is 68.1 Å². The molecule has 6 aromatic rings. The molecule has 49 heavy (non-hydrogen) atoms. The summed E-state index contributed by atoms with van der Waals surface area (Å²) in [5.74, 6) is 0.154. The van der Waals surface area contributed by atoms with E-state index in [1.54, 1.807) is 23.6 Å². The van der Waals surface area contributed by atoms with Gasteiger partial charge >= 0.3 is 5.97 Å². The van der Waals surface area contributed by atoms with E-state index in [0.29, 0.717) is 38.0 Å². The molecule has 0 radical (unpaired) electrons. The lowest BCUT2D eigenvalue weighted by Gasteiger charge is -2.26. The quantitative estimate of drug-likeness (QED) is 0.114. The van der Waals surface area contributed by atoms with Crippen molar-refractivity contribution in [2.45, 2.75) is 19.6 Å². The molecular formula is C39H27ClI2N2O4S. The highest BCUT2D eigenvalue weighted by atomic mass is 127. The summed E-state index contributed by atoms with van der Waals surface area (Å²) in [6, 6.07) is 34.4. The van der Waals surface area contributed by atoms with Gasteiger partial charge in [-0.05, 0) is 104 Å². The van der Waals surface area contributed by atoms with E-state index in [-0.39, 0.29) is 17.7 Å². The summed E-state index contributed by atoms with van der Waals surface area (Å²) >= 11 is 12.1. The Morgan fingerprint density at radius 2 is 1.69 bits per heavy atom. The Bertz CT molecular complexity index is 2440. The second-order valence-corrected chi connectivity index (χ2v) is 15.1. The van der Waals surface area contributed by atoms with Crippen molar-refractivity contribution in [2.75, 3.05) is 6.61 Å². The summed E-state index contributed by atoms with van der Waals surface area (Å²) in [6.45, 7) is 2.30. The number of ether oxygens (including phenoxy) is 2. The molecule has 0 aliphatic carbocycles. The van der Waals surface area contributed by atoms with Crippen LogP contribution in [0.25, 0.3) is 22.5 Å². The van der Waals surface area contributed by atoms with Crippen LogP contribution in [0.5, 0.6) is 5.75 Å². The van der Waals surface area contributed by atoms with Crippen LogP contribution in [0.15, 0.2) is 125 Å². The number of hydrogen-bond acceptors (Lipinski definition) is 6. The monoisotopic (exact) mass is 908 g/mol. The molecule has 5 aromatic carbocycles. The number of halogens is 3. The molecule has 1 aromatic heterocycles. The lowest BCUT2D eigenvalue weighted by Crippen LogP contribution is -2.40. The maximum absolute atomic E-state index is 14.5. The molecule has 10 heteroatoms. The SMILES string of the molecule is CCOC(=O)C1=C(c2ccccc2)N=c2s/c(=C\c3cc(I)cc(I)c3OCc3cccc4ccccc34)c(=O)n2[C@H]1c1ccc(Cl)cc1. The van der Waals surface area contributed by atoms with E-state index in [1.165, 1.54) is 11.3 Å². The highest BCUT2D eigenvalue weighted by Gasteiger charge is 2.35. The lowest BCUT2D eigenvalue weighted by atomic mass is 9.93. The van der Waals surface area contributed by atoms with Crippen molar-refractivity contribution in [1.82, 2.24) is 4.57 Å². The van der Waals surface area contributed by atoms with E-state index in [4.69, 9.17) is 26.1 Å². The van der Waals surface area contributed by atoms with Gasteiger partial charge < -0.3 is 9.47 Å². The van der Waals surface area contributed by atoms with Crippen LogP contribution in [0.2, 0.25) is 5.02 Å². The number of hydrogen-bond donors (Lipinski definition) is 0. The van der Waals surface area contributed by atoms with E-state index in [9.17, 15) is 9.59 Å².